The predicted octanol–water partition coefficient (Wildman–Crippen LogP) is -0.823. The van der Waals surface area contributed by atoms with E-state index in [-0.39, 0.29) is 20.3 Å². The number of thiocarbonyl (C=S) groups is 2. The second kappa shape index (κ2) is 8.39. The maximum Gasteiger partial charge on any atom is 1.00 e. The molecule has 7 heteroatoms. The van der Waals surface area contributed by atoms with Crippen LogP contribution in [-0.4, -0.2) is 46.6 Å². The van der Waals surface area contributed by atoms with Crippen molar-refractivity contribution in [1.29, 1.82) is 0 Å². The molecule has 0 bridgehead atoms. The van der Waals surface area contributed by atoms with Crippen molar-refractivity contribution in [2.75, 3.05) is 28.2 Å². The molecule has 0 rings (SSSR count). The molecule has 72 valence electrons. The molecule has 0 heterocycles. The normalized spacial score (nSPS) is 8.62. The zero-order valence-electron chi connectivity index (χ0n) is 9.53. The first-order valence-electron chi connectivity index (χ1n) is 3.22. The number of hydrogen-bond acceptors (Lipinski definition) is 4. The van der Waals surface area contributed by atoms with Gasteiger partial charge in [0.2, 0.25) is 0 Å². The smallest absolute Gasteiger partial charge is 1.00 e. The van der Waals surface area contributed by atoms with Crippen LogP contribution < -0.4 is 18.9 Å². The molecule has 2 nitrogen and oxygen atoms in total. The summed E-state index contributed by atoms with van der Waals surface area (Å²) in [6.45, 7) is 0. The van der Waals surface area contributed by atoms with Crippen molar-refractivity contribution >= 4 is 54.7 Å². The first-order chi connectivity index (χ1) is 5.45. The quantitative estimate of drug-likeness (QED) is 0.312. The molecule has 13 heavy (non-hydrogen) atoms. The number of hydrogen-bond donors (Lipinski definition) is 0. The van der Waals surface area contributed by atoms with Gasteiger partial charge in [0, 0.05) is 28.2 Å². The summed E-state index contributed by atoms with van der Waals surface area (Å²) >= 11 is 10.1. The zero-order valence-corrected chi connectivity index (χ0v) is 11.8. The molecule has 0 unspecified atom stereocenters. The van der Waals surface area contributed by atoms with Crippen molar-refractivity contribution in [3.8, 4) is 0 Å². The summed E-state index contributed by atoms with van der Waals surface area (Å²) in [6, 6.07) is 0. The molecule has 0 atom stereocenters. The Labute approximate surface area is 112 Å². The SMILES string of the molecule is CN(C)C(=S)SSC(=S)N(C)C.[H-].[Li+]. The molecule has 0 amide bonds. The fourth-order valence-corrected chi connectivity index (χ4v) is 2.60. The summed E-state index contributed by atoms with van der Waals surface area (Å²) in [4.78, 5) is 3.79. The average molecular weight is 248 g/mol. The summed E-state index contributed by atoms with van der Waals surface area (Å²) in [7, 11) is 10.7. The molecule has 0 saturated heterocycles. The molecule has 0 aliphatic heterocycles. The van der Waals surface area contributed by atoms with Gasteiger partial charge < -0.3 is 11.2 Å². The monoisotopic (exact) mass is 248 g/mol. The van der Waals surface area contributed by atoms with Gasteiger partial charge in [-0.25, -0.2) is 0 Å². The minimum atomic E-state index is 0. The van der Waals surface area contributed by atoms with Crippen molar-refractivity contribution in [2.45, 2.75) is 0 Å². The molecule has 0 fully saturated rings. The van der Waals surface area contributed by atoms with Crippen molar-refractivity contribution in [3.63, 3.8) is 0 Å². The van der Waals surface area contributed by atoms with E-state index < -0.39 is 0 Å². The van der Waals surface area contributed by atoms with Gasteiger partial charge in [0.15, 0.2) is 0 Å². The average Bonchev–Trinajstić information content (AvgIpc) is 1.98. The van der Waals surface area contributed by atoms with Gasteiger partial charge in [0.05, 0.1) is 0 Å². The number of rotatable bonds is 0. The first kappa shape index (κ1) is 16.5. The van der Waals surface area contributed by atoms with Crippen LogP contribution in [0.3, 0.4) is 0 Å². The van der Waals surface area contributed by atoms with Crippen molar-refractivity contribution in [2.24, 2.45) is 0 Å². The molecule has 0 N–H and O–H groups in total. The molecule has 0 saturated carbocycles. The van der Waals surface area contributed by atoms with E-state index in [0.717, 1.165) is 8.64 Å². The van der Waals surface area contributed by atoms with E-state index in [1.165, 1.54) is 21.6 Å². The van der Waals surface area contributed by atoms with Crippen LogP contribution in [0.2, 0.25) is 0 Å². The van der Waals surface area contributed by atoms with Gasteiger partial charge >= 0.3 is 18.9 Å². The summed E-state index contributed by atoms with van der Waals surface area (Å²) in [6.07, 6.45) is 0. The van der Waals surface area contributed by atoms with E-state index in [9.17, 15) is 0 Å². The van der Waals surface area contributed by atoms with Crippen LogP contribution in [0.25, 0.3) is 0 Å². The van der Waals surface area contributed by atoms with Gasteiger partial charge in [-0.15, -0.1) is 0 Å². The van der Waals surface area contributed by atoms with Crippen LogP contribution in [0.15, 0.2) is 0 Å². The van der Waals surface area contributed by atoms with Gasteiger partial charge in [-0.3, -0.25) is 0 Å². The zero-order chi connectivity index (χ0) is 9.72. The molecule has 0 aliphatic rings. The van der Waals surface area contributed by atoms with Crippen LogP contribution in [0.5, 0.6) is 0 Å². The maximum absolute atomic E-state index is 5.07. The standard InChI is InChI=1S/C6H12N2S4.Li.H/c1-7(2)5(9)11-12-6(10)8(3)4;;/h1-4H3;;/q;+1;-1. The molecule has 0 radical (unpaired) electrons. The van der Waals surface area contributed by atoms with Crippen molar-refractivity contribution < 1.29 is 20.3 Å². The molecular formula is C6H13LiN2S4. The molecule has 0 aromatic carbocycles. The van der Waals surface area contributed by atoms with Gasteiger partial charge in [-0.2, -0.15) is 0 Å². The molecule has 0 spiro atoms. The van der Waals surface area contributed by atoms with Crippen molar-refractivity contribution in [3.05, 3.63) is 0 Å². The van der Waals surface area contributed by atoms with Crippen LogP contribution in [0, 0.1) is 0 Å². The van der Waals surface area contributed by atoms with E-state index in [1.807, 2.05) is 38.0 Å². The Kier molecular flexibility index (Phi) is 10.7. The third-order valence-corrected chi connectivity index (χ3v) is 5.07. The molecule has 0 aliphatic carbocycles. The third-order valence-electron chi connectivity index (χ3n) is 0.915. The largest absolute Gasteiger partial charge is 1.00 e. The Hall–Kier alpha value is 1.08. The van der Waals surface area contributed by atoms with Crippen LogP contribution in [0.4, 0.5) is 0 Å². The second-order valence-corrected chi connectivity index (χ2v) is 5.88. The Balaban J connectivity index is -0.000000605. The summed E-state index contributed by atoms with van der Waals surface area (Å²) < 4.78 is 1.67. The van der Waals surface area contributed by atoms with Crippen LogP contribution in [-0.2, 0) is 0 Å². The van der Waals surface area contributed by atoms with E-state index in [2.05, 4.69) is 0 Å². The van der Waals surface area contributed by atoms with Crippen molar-refractivity contribution in [1.82, 2.24) is 9.80 Å². The molecule has 0 aromatic rings. The third kappa shape index (κ3) is 8.10. The second-order valence-electron chi connectivity index (χ2n) is 2.49. The predicted molar refractivity (Wildman–Crippen MR) is 68.9 cm³/mol. The van der Waals surface area contributed by atoms with Gasteiger partial charge in [0.1, 0.15) is 8.64 Å². The Morgan fingerprint density at radius 1 is 0.923 bits per heavy atom. The fourth-order valence-electron chi connectivity index (χ4n) is 0.220. The Morgan fingerprint density at radius 2 is 1.15 bits per heavy atom. The van der Waals surface area contributed by atoms with Gasteiger partial charge in [-0.1, -0.05) is 24.4 Å². The van der Waals surface area contributed by atoms with E-state index >= 15 is 0 Å². The van der Waals surface area contributed by atoms with Gasteiger partial charge in [0.25, 0.3) is 0 Å². The fraction of sp³-hybridized carbons (Fsp3) is 0.667. The van der Waals surface area contributed by atoms with E-state index in [4.69, 9.17) is 24.4 Å². The number of nitrogens with zero attached hydrogens (tertiary/aromatic N) is 2. The first-order valence-corrected chi connectivity index (χ1v) is 6.19. The summed E-state index contributed by atoms with van der Waals surface area (Å²) in [5, 5.41) is 0. The maximum atomic E-state index is 5.07. The Morgan fingerprint density at radius 3 is 1.31 bits per heavy atom. The van der Waals surface area contributed by atoms with Crippen LogP contribution >= 0.6 is 46.0 Å². The van der Waals surface area contributed by atoms with Crippen LogP contribution in [0.1, 0.15) is 1.43 Å². The summed E-state index contributed by atoms with van der Waals surface area (Å²) in [5.41, 5.74) is 0. The summed E-state index contributed by atoms with van der Waals surface area (Å²) in [5.74, 6) is 0. The molecular weight excluding hydrogens is 235 g/mol. The minimum absolute atomic E-state index is 0. The minimum Gasteiger partial charge on any atom is -1.00 e. The van der Waals surface area contributed by atoms with E-state index in [0.29, 0.717) is 0 Å². The molecule has 0 aromatic heterocycles. The van der Waals surface area contributed by atoms with E-state index in [1.54, 1.807) is 0 Å². The topological polar surface area (TPSA) is 6.48 Å². The van der Waals surface area contributed by atoms with Gasteiger partial charge in [-0.05, 0) is 21.6 Å². The Bertz CT molecular complexity index is 169.